The normalized spacial score (nSPS) is 14.0. The Morgan fingerprint density at radius 2 is 1.80 bits per heavy atom. The predicted octanol–water partition coefficient (Wildman–Crippen LogP) is 4.31. The lowest BCUT2D eigenvalue weighted by molar-refractivity contribution is -0.659. The standard InChI is InChI=1S/C31H27ClFN11O/c32-25-5-7-27(44-20-36-39-40-44)29(30(25)33)22-4-6-26(35-14-22)28(43-18-23(15-38-43)21-8-10-34-11-9-21)19-42-17-24(16-37-42)31(45)41-12-2-1-3-13-41/h4-11,14-18,20,28H,1-3,12-13,19H2/p+1. The summed E-state index contributed by atoms with van der Waals surface area (Å²) in [7, 11) is 0. The molecule has 1 unspecified atom stereocenters. The number of nitrogens with one attached hydrogen (secondary N) is 1. The van der Waals surface area contributed by atoms with Crippen LogP contribution in [0.1, 0.15) is 41.4 Å². The van der Waals surface area contributed by atoms with Crippen molar-refractivity contribution in [3.8, 4) is 27.9 Å². The second-order valence-electron chi connectivity index (χ2n) is 10.8. The molecular weight excluding hydrogens is 597 g/mol. The SMILES string of the molecule is O=C(c1cnn(CC(c2ccc(-c3c(-[n+]4cnn[nH]4)ccc(Cl)c3F)cn2)n2cc(-c3ccncc3)cn2)c1)N1CCCCC1. The molecule has 5 aromatic heterocycles. The lowest BCUT2D eigenvalue weighted by atomic mass is 10.0. The molecule has 1 N–H and O–H groups in total. The molecule has 1 saturated heterocycles. The van der Waals surface area contributed by atoms with Crippen molar-refractivity contribution in [1.82, 2.24) is 50.0 Å². The van der Waals surface area contributed by atoms with Crippen molar-refractivity contribution in [3.63, 3.8) is 0 Å². The van der Waals surface area contributed by atoms with Crippen molar-refractivity contribution >= 4 is 17.5 Å². The number of hydrogen-bond acceptors (Lipinski definition) is 7. The first kappa shape index (κ1) is 28.5. The number of amides is 1. The Morgan fingerprint density at radius 3 is 2.56 bits per heavy atom. The molecule has 0 saturated carbocycles. The van der Waals surface area contributed by atoms with Crippen LogP contribution in [0.15, 0.2) is 86.1 Å². The number of nitrogens with zero attached hydrogens (tertiary/aromatic N) is 10. The van der Waals surface area contributed by atoms with Crippen molar-refractivity contribution in [2.75, 3.05) is 13.1 Å². The van der Waals surface area contributed by atoms with E-state index in [0.29, 0.717) is 29.1 Å². The van der Waals surface area contributed by atoms with Gasteiger partial charge in [-0.15, -0.1) is 4.68 Å². The van der Waals surface area contributed by atoms with Crippen molar-refractivity contribution in [2.24, 2.45) is 0 Å². The highest BCUT2D eigenvalue weighted by molar-refractivity contribution is 6.31. The topological polar surface area (TPSA) is 127 Å². The third-order valence-electron chi connectivity index (χ3n) is 7.94. The van der Waals surface area contributed by atoms with Crippen LogP contribution in [0.4, 0.5) is 4.39 Å². The minimum Gasteiger partial charge on any atom is -0.339 e. The number of piperidine rings is 1. The summed E-state index contributed by atoms with van der Waals surface area (Å²) in [5.41, 5.74) is 4.35. The summed E-state index contributed by atoms with van der Waals surface area (Å²) in [5, 5.41) is 19.4. The molecule has 1 atom stereocenters. The number of likely N-dealkylation sites (tertiary alicyclic amines) is 1. The molecule has 1 amide bonds. The van der Waals surface area contributed by atoms with E-state index in [9.17, 15) is 4.79 Å². The summed E-state index contributed by atoms with van der Waals surface area (Å²) in [5.74, 6) is -0.595. The third-order valence-corrected chi connectivity index (χ3v) is 8.24. The van der Waals surface area contributed by atoms with E-state index >= 15 is 4.39 Å². The molecule has 6 aromatic rings. The zero-order chi connectivity index (χ0) is 30.8. The maximum absolute atomic E-state index is 15.4. The van der Waals surface area contributed by atoms with Gasteiger partial charge in [0, 0.05) is 55.2 Å². The van der Waals surface area contributed by atoms with Crippen LogP contribution in [0.5, 0.6) is 0 Å². The molecule has 1 aliphatic rings. The number of tetrazole rings is 1. The number of hydrogen-bond donors (Lipinski definition) is 1. The fourth-order valence-corrected chi connectivity index (χ4v) is 5.76. The van der Waals surface area contributed by atoms with Gasteiger partial charge in [0.25, 0.3) is 12.2 Å². The van der Waals surface area contributed by atoms with Crippen LogP contribution in [0, 0.1) is 5.82 Å². The molecule has 14 heteroatoms. The van der Waals surface area contributed by atoms with Crippen molar-refractivity contribution in [3.05, 3.63) is 108 Å². The van der Waals surface area contributed by atoms with Gasteiger partial charge in [0.2, 0.25) is 0 Å². The summed E-state index contributed by atoms with van der Waals surface area (Å²) in [6.45, 7) is 1.88. The molecule has 12 nitrogen and oxygen atoms in total. The maximum atomic E-state index is 15.4. The number of rotatable bonds is 8. The van der Waals surface area contributed by atoms with Crippen LogP contribution in [-0.2, 0) is 6.54 Å². The van der Waals surface area contributed by atoms with E-state index in [1.165, 1.54) is 17.1 Å². The molecule has 45 heavy (non-hydrogen) atoms. The fourth-order valence-electron chi connectivity index (χ4n) is 5.60. The van der Waals surface area contributed by atoms with Crippen molar-refractivity contribution < 1.29 is 13.9 Å². The lowest BCUT2D eigenvalue weighted by Gasteiger charge is -2.26. The van der Waals surface area contributed by atoms with Crippen molar-refractivity contribution in [1.29, 1.82) is 0 Å². The number of aromatic amines is 1. The monoisotopic (exact) mass is 624 g/mol. The molecule has 0 bridgehead atoms. The number of benzene rings is 1. The third kappa shape index (κ3) is 5.81. The minimum absolute atomic E-state index is 0.0104. The predicted molar refractivity (Wildman–Crippen MR) is 162 cm³/mol. The van der Waals surface area contributed by atoms with Crippen LogP contribution in [-0.4, -0.2) is 69.0 Å². The number of H-pyrrole nitrogens is 1. The Hall–Kier alpha value is -5.30. The maximum Gasteiger partial charge on any atom is 0.293 e. The van der Waals surface area contributed by atoms with Gasteiger partial charge in [-0.2, -0.15) is 10.2 Å². The van der Waals surface area contributed by atoms with E-state index in [2.05, 4.69) is 30.7 Å². The highest BCUT2D eigenvalue weighted by atomic mass is 35.5. The summed E-state index contributed by atoms with van der Waals surface area (Å²) in [6, 6.07) is 10.2. The molecule has 1 aromatic carbocycles. The van der Waals surface area contributed by atoms with Gasteiger partial charge in [-0.25, -0.2) is 4.39 Å². The van der Waals surface area contributed by atoms with E-state index in [-0.39, 0.29) is 16.5 Å². The second-order valence-corrected chi connectivity index (χ2v) is 11.2. The molecule has 0 aliphatic carbocycles. The highest BCUT2D eigenvalue weighted by Crippen LogP contribution is 2.32. The van der Waals surface area contributed by atoms with Crippen LogP contribution >= 0.6 is 11.6 Å². The first-order valence-corrected chi connectivity index (χ1v) is 14.9. The zero-order valence-corrected chi connectivity index (χ0v) is 24.8. The minimum atomic E-state index is -0.584. The molecule has 226 valence electrons. The van der Waals surface area contributed by atoms with E-state index < -0.39 is 11.9 Å². The van der Waals surface area contributed by atoms with Crippen molar-refractivity contribution in [2.45, 2.75) is 31.8 Å². The van der Waals surface area contributed by atoms with E-state index in [0.717, 1.165) is 43.5 Å². The first-order valence-electron chi connectivity index (χ1n) is 14.5. The van der Waals surface area contributed by atoms with Crippen LogP contribution in [0.2, 0.25) is 5.02 Å². The van der Waals surface area contributed by atoms with Crippen LogP contribution in [0.25, 0.3) is 27.9 Å². The first-order chi connectivity index (χ1) is 22.0. The number of aromatic nitrogens is 10. The molecule has 7 rings (SSSR count). The number of carbonyl (C=O) groups is 1. The summed E-state index contributed by atoms with van der Waals surface area (Å²) in [6.07, 6.45) is 16.8. The van der Waals surface area contributed by atoms with Gasteiger partial charge in [0.15, 0.2) is 11.0 Å². The van der Waals surface area contributed by atoms with E-state index in [4.69, 9.17) is 16.6 Å². The van der Waals surface area contributed by atoms with Gasteiger partial charge in [-0.05, 0) is 55.2 Å². The Kier molecular flexibility index (Phi) is 7.82. The van der Waals surface area contributed by atoms with Gasteiger partial charge < -0.3 is 4.90 Å². The number of pyridine rings is 2. The lowest BCUT2D eigenvalue weighted by Crippen LogP contribution is -2.35. The largest absolute Gasteiger partial charge is 0.339 e. The summed E-state index contributed by atoms with van der Waals surface area (Å²) < 4.78 is 20.5. The fraction of sp³-hybridized carbons (Fsp3) is 0.226. The van der Waals surface area contributed by atoms with Gasteiger partial charge in [-0.1, -0.05) is 22.9 Å². The van der Waals surface area contributed by atoms with Crippen LogP contribution in [0.3, 0.4) is 0 Å². The average Bonchev–Trinajstić information content (AvgIpc) is 3.89. The van der Waals surface area contributed by atoms with Gasteiger partial charge >= 0.3 is 0 Å². The molecular formula is C31H28ClFN11O+. The molecule has 6 heterocycles. The summed E-state index contributed by atoms with van der Waals surface area (Å²) in [4.78, 5) is 23.9. The average molecular weight is 625 g/mol. The van der Waals surface area contributed by atoms with E-state index in [1.807, 2.05) is 34.0 Å². The molecule has 0 radical (unpaired) electrons. The van der Waals surface area contributed by atoms with Gasteiger partial charge in [0.05, 0.1) is 40.8 Å². The Balaban J connectivity index is 1.23. The van der Waals surface area contributed by atoms with E-state index in [1.54, 1.807) is 54.0 Å². The zero-order valence-electron chi connectivity index (χ0n) is 24.0. The molecule has 1 fully saturated rings. The number of carbonyl (C=O) groups excluding carboxylic acids is 1. The second kappa shape index (κ2) is 12.4. The quantitative estimate of drug-likeness (QED) is 0.250. The molecule has 0 spiro atoms. The smallest absolute Gasteiger partial charge is 0.293 e. The Bertz CT molecular complexity index is 1920. The highest BCUT2D eigenvalue weighted by Gasteiger charge is 2.24. The number of halogens is 2. The van der Waals surface area contributed by atoms with Gasteiger partial charge in [-0.3, -0.25) is 24.1 Å². The van der Waals surface area contributed by atoms with Crippen LogP contribution < -0.4 is 4.68 Å². The summed E-state index contributed by atoms with van der Waals surface area (Å²) >= 11 is 6.18. The van der Waals surface area contributed by atoms with Gasteiger partial charge in [0.1, 0.15) is 16.8 Å². The Labute approximate surface area is 262 Å². The Morgan fingerprint density at radius 1 is 0.956 bits per heavy atom. The molecule has 1 aliphatic heterocycles.